The van der Waals surface area contributed by atoms with Crippen LogP contribution in [0.3, 0.4) is 0 Å². The molecule has 5 heteroatoms. The van der Waals surface area contributed by atoms with Crippen LogP contribution in [0.25, 0.3) is 0 Å². The number of nitrogens with zero attached hydrogens (tertiary/aromatic N) is 1. The summed E-state index contributed by atoms with van der Waals surface area (Å²) in [5, 5.41) is 0. The molecule has 1 heterocycles. The number of rotatable bonds is 3. The predicted octanol–water partition coefficient (Wildman–Crippen LogP) is 1.31. The van der Waals surface area contributed by atoms with Gasteiger partial charge in [0.25, 0.3) is 0 Å². The lowest BCUT2D eigenvalue weighted by Gasteiger charge is -2.16. The molecular formula is C13H16F2N2O. The smallest absolute Gasteiger partial charge is 0.227 e. The van der Waals surface area contributed by atoms with E-state index >= 15 is 0 Å². The van der Waals surface area contributed by atoms with Crippen molar-refractivity contribution in [2.45, 2.75) is 12.8 Å². The fourth-order valence-corrected chi connectivity index (χ4v) is 2.21. The number of carbonyl (C=O) groups excluding carboxylic acids is 1. The Bertz CT molecular complexity index is 451. The van der Waals surface area contributed by atoms with Crippen LogP contribution >= 0.6 is 0 Å². The van der Waals surface area contributed by atoms with Crippen molar-refractivity contribution in [3.05, 3.63) is 35.4 Å². The first-order valence-corrected chi connectivity index (χ1v) is 6.02. The van der Waals surface area contributed by atoms with Crippen molar-refractivity contribution in [2.75, 3.05) is 19.6 Å². The Morgan fingerprint density at radius 3 is 2.89 bits per heavy atom. The molecule has 1 saturated heterocycles. The second kappa shape index (κ2) is 5.44. The van der Waals surface area contributed by atoms with Gasteiger partial charge in [-0.1, -0.05) is 12.1 Å². The lowest BCUT2D eigenvalue weighted by Crippen LogP contribution is -2.31. The normalized spacial score (nSPS) is 19.3. The number of hydrogen-bond donors (Lipinski definition) is 1. The topological polar surface area (TPSA) is 46.3 Å². The monoisotopic (exact) mass is 254 g/mol. The lowest BCUT2D eigenvalue weighted by molar-refractivity contribution is -0.129. The minimum Gasteiger partial charge on any atom is -0.342 e. The summed E-state index contributed by atoms with van der Waals surface area (Å²) in [5.74, 6) is -1.69. The lowest BCUT2D eigenvalue weighted by atomic mass is 10.1. The predicted molar refractivity (Wildman–Crippen MR) is 63.8 cm³/mol. The highest BCUT2D eigenvalue weighted by atomic mass is 19.2. The van der Waals surface area contributed by atoms with E-state index < -0.39 is 11.6 Å². The van der Waals surface area contributed by atoms with Crippen LogP contribution in [-0.2, 0) is 11.2 Å². The molecule has 0 radical (unpaired) electrons. The van der Waals surface area contributed by atoms with Crippen LogP contribution in [0, 0.1) is 17.6 Å². The van der Waals surface area contributed by atoms with Gasteiger partial charge in [-0.05, 0) is 24.9 Å². The summed E-state index contributed by atoms with van der Waals surface area (Å²) in [5.41, 5.74) is 5.65. The number of likely N-dealkylation sites (tertiary alicyclic amines) is 1. The number of benzene rings is 1. The zero-order valence-corrected chi connectivity index (χ0v) is 10.0. The van der Waals surface area contributed by atoms with Crippen LogP contribution < -0.4 is 5.73 Å². The summed E-state index contributed by atoms with van der Waals surface area (Å²) >= 11 is 0. The number of hydrogen-bond acceptors (Lipinski definition) is 2. The van der Waals surface area contributed by atoms with Crippen LogP contribution in [0.1, 0.15) is 12.0 Å². The summed E-state index contributed by atoms with van der Waals surface area (Å²) in [6.07, 6.45) is 0.786. The third-order valence-electron chi connectivity index (χ3n) is 3.35. The van der Waals surface area contributed by atoms with Gasteiger partial charge < -0.3 is 10.6 Å². The van der Waals surface area contributed by atoms with E-state index in [0.717, 1.165) is 12.5 Å². The standard InChI is InChI=1S/C13H16F2N2O/c14-11-3-1-2-10(13(11)15)6-12(18)17-5-4-9(7-16)8-17/h1-3,9H,4-8,16H2/t9-/m0/s1. The van der Waals surface area contributed by atoms with Gasteiger partial charge in [0.15, 0.2) is 11.6 Å². The first-order valence-electron chi connectivity index (χ1n) is 6.02. The molecule has 1 aliphatic heterocycles. The Kier molecular flexibility index (Phi) is 3.91. The molecular weight excluding hydrogens is 238 g/mol. The highest BCUT2D eigenvalue weighted by Gasteiger charge is 2.25. The summed E-state index contributed by atoms with van der Waals surface area (Å²) in [4.78, 5) is 13.6. The van der Waals surface area contributed by atoms with E-state index in [1.807, 2.05) is 0 Å². The van der Waals surface area contributed by atoms with Crippen molar-refractivity contribution >= 4 is 5.91 Å². The molecule has 1 aromatic carbocycles. The number of halogens is 2. The third kappa shape index (κ3) is 2.67. The molecule has 1 fully saturated rings. The maximum Gasteiger partial charge on any atom is 0.227 e. The zero-order chi connectivity index (χ0) is 13.1. The summed E-state index contributed by atoms with van der Waals surface area (Å²) in [6.45, 7) is 1.82. The molecule has 18 heavy (non-hydrogen) atoms. The van der Waals surface area contributed by atoms with Crippen LogP contribution in [0.2, 0.25) is 0 Å². The fourth-order valence-electron chi connectivity index (χ4n) is 2.21. The average Bonchev–Trinajstić information content (AvgIpc) is 2.83. The van der Waals surface area contributed by atoms with Gasteiger partial charge in [-0.2, -0.15) is 0 Å². The van der Waals surface area contributed by atoms with Gasteiger partial charge in [0.05, 0.1) is 6.42 Å². The average molecular weight is 254 g/mol. The number of carbonyl (C=O) groups is 1. The molecule has 1 aromatic rings. The molecule has 2 rings (SSSR count). The maximum absolute atomic E-state index is 13.4. The van der Waals surface area contributed by atoms with Crippen molar-refractivity contribution in [2.24, 2.45) is 11.7 Å². The van der Waals surface area contributed by atoms with E-state index in [1.165, 1.54) is 12.1 Å². The first kappa shape index (κ1) is 13.0. The van der Waals surface area contributed by atoms with E-state index in [2.05, 4.69) is 0 Å². The van der Waals surface area contributed by atoms with E-state index in [9.17, 15) is 13.6 Å². The molecule has 0 aliphatic carbocycles. The molecule has 0 saturated carbocycles. The second-order valence-corrected chi connectivity index (χ2v) is 4.62. The minimum absolute atomic E-state index is 0.0963. The van der Waals surface area contributed by atoms with Crippen molar-refractivity contribution in [3.63, 3.8) is 0 Å². The van der Waals surface area contributed by atoms with Crippen LogP contribution in [-0.4, -0.2) is 30.4 Å². The van der Waals surface area contributed by atoms with E-state index in [4.69, 9.17) is 5.73 Å². The minimum atomic E-state index is -0.930. The van der Waals surface area contributed by atoms with Crippen molar-refractivity contribution in [3.8, 4) is 0 Å². The van der Waals surface area contributed by atoms with Crippen LogP contribution in [0.5, 0.6) is 0 Å². The van der Waals surface area contributed by atoms with Crippen molar-refractivity contribution in [1.82, 2.24) is 4.90 Å². The largest absolute Gasteiger partial charge is 0.342 e. The Labute approximate surface area is 105 Å². The second-order valence-electron chi connectivity index (χ2n) is 4.62. The molecule has 0 aromatic heterocycles. The van der Waals surface area contributed by atoms with Gasteiger partial charge in [-0.25, -0.2) is 8.78 Å². The van der Waals surface area contributed by atoms with Crippen molar-refractivity contribution in [1.29, 1.82) is 0 Å². The molecule has 0 bridgehead atoms. The highest BCUT2D eigenvalue weighted by Crippen LogP contribution is 2.18. The molecule has 0 unspecified atom stereocenters. The summed E-state index contributed by atoms with van der Waals surface area (Å²) < 4.78 is 26.4. The van der Waals surface area contributed by atoms with Gasteiger partial charge in [-0.3, -0.25) is 4.79 Å². The molecule has 2 N–H and O–H groups in total. The molecule has 1 atom stereocenters. The molecule has 0 spiro atoms. The Balaban J connectivity index is 2.01. The quantitative estimate of drug-likeness (QED) is 0.884. The fraction of sp³-hybridized carbons (Fsp3) is 0.462. The Hall–Kier alpha value is -1.49. The molecule has 1 aliphatic rings. The zero-order valence-electron chi connectivity index (χ0n) is 10.0. The Morgan fingerprint density at radius 2 is 2.22 bits per heavy atom. The SMILES string of the molecule is NC[C@@H]1CCN(C(=O)Cc2cccc(F)c2F)C1. The van der Waals surface area contributed by atoms with Crippen LogP contribution in [0.4, 0.5) is 8.78 Å². The maximum atomic E-state index is 13.4. The first-order chi connectivity index (χ1) is 8.61. The van der Waals surface area contributed by atoms with Gasteiger partial charge in [0.1, 0.15) is 0 Å². The highest BCUT2D eigenvalue weighted by molar-refractivity contribution is 5.79. The van der Waals surface area contributed by atoms with Crippen molar-refractivity contribution < 1.29 is 13.6 Å². The molecule has 1 amide bonds. The number of nitrogens with two attached hydrogens (primary N) is 1. The van der Waals surface area contributed by atoms with E-state index in [1.54, 1.807) is 4.90 Å². The molecule has 98 valence electrons. The van der Waals surface area contributed by atoms with Gasteiger partial charge in [0, 0.05) is 18.7 Å². The summed E-state index contributed by atoms with van der Waals surface area (Å²) in [7, 11) is 0. The summed E-state index contributed by atoms with van der Waals surface area (Å²) in [6, 6.07) is 3.89. The van der Waals surface area contributed by atoms with E-state index in [-0.39, 0.29) is 17.9 Å². The Morgan fingerprint density at radius 1 is 1.44 bits per heavy atom. The van der Waals surface area contributed by atoms with Gasteiger partial charge in [0.2, 0.25) is 5.91 Å². The van der Waals surface area contributed by atoms with E-state index in [0.29, 0.717) is 25.6 Å². The molecule has 3 nitrogen and oxygen atoms in total. The van der Waals surface area contributed by atoms with Gasteiger partial charge >= 0.3 is 0 Å². The van der Waals surface area contributed by atoms with Crippen LogP contribution in [0.15, 0.2) is 18.2 Å². The number of amides is 1. The van der Waals surface area contributed by atoms with Gasteiger partial charge in [-0.15, -0.1) is 0 Å². The third-order valence-corrected chi connectivity index (χ3v) is 3.35.